The van der Waals surface area contributed by atoms with Crippen LogP contribution in [0.2, 0.25) is 0 Å². The molecule has 2 aromatic heterocycles. The summed E-state index contributed by atoms with van der Waals surface area (Å²) in [5.41, 5.74) is 1.63. The number of aromatic nitrogens is 2. The van der Waals surface area contributed by atoms with Gasteiger partial charge in [0.05, 0.1) is 12.2 Å². The maximum atomic E-state index is 12.4. The van der Waals surface area contributed by atoms with E-state index in [1.54, 1.807) is 24.9 Å². The Morgan fingerprint density at radius 3 is 2.92 bits per heavy atom. The van der Waals surface area contributed by atoms with E-state index in [2.05, 4.69) is 10.3 Å². The van der Waals surface area contributed by atoms with Crippen molar-refractivity contribution in [1.29, 1.82) is 0 Å². The molecule has 0 aliphatic heterocycles. The van der Waals surface area contributed by atoms with Crippen LogP contribution in [0.1, 0.15) is 47.0 Å². The number of aryl methyl sites for hydroxylation is 2. The van der Waals surface area contributed by atoms with Crippen LogP contribution < -0.4 is 5.32 Å². The van der Waals surface area contributed by atoms with Crippen molar-refractivity contribution in [1.82, 2.24) is 9.55 Å². The van der Waals surface area contributed by atoms with E-state index in [-0.39, 0.29) is 11.9 Å². The van der Waals surface area contributed by atoms with E-state index < -0.39 is 0 Å². The van der Waals surface area contributed by atoms with Gasteiger partial charge in [0.25, 0.3) is 0 Å². The molecular formula is C18H23N3O3S2. The van der Waals surface area contributed by atoms with Crippen molar-refractivity contribution in [3.05, 3.63) is 28.4 Å². The number of nitrogens with zero attached hydrogens (tertiary/aromatic N) is 2. The molecule has 1 amide bonds. The van der Waals surface area contributed by atoms with Gasteiger partial charge < -0.3 is 14.6 Å². The van der Waals surface area contributed by atoms with Gasteiger partial charge in [-0.15, -0.1) is 11.3 Å². The average molecular weight is 394 g/mol. The first-order chi connectivity index (χ1) is 12.6. The van der Waals surface area contributed by atoms with Crippen molar-refractivity contribution in [3.63, 3.8) is 0 Å². The van der Waals surface area contributed by atoms with Crippen molar-refractivity contribution < 1.29 is 14.3 Å². The molecular weight excluding hydrogens is 370 g/mol. The third-order valence-electron chi connectivity index (χ3n) is 4.24. The quantitative estimate of drug-likeness (QED) is 0.574. The van der Waals surface area contributed by atoms with E-state index in [9.17, 15) is 9.59 Å². The van der Waals surface area contributed by atoms with E-state index in [1.165, 1.54) is 16.2 Å². The van der Waals surface area contributed by atoms with Crippen molar-refractivity contribution >= 4 is 40.0 Å². The Kier molecular flexibility index (Phi) is 6.37. The highest BCUT2D eigenvalue weighted by Crippen LogP contribution is 2.38. The number of hydrogen-bond donors (Lipinski definition) is 1. The Labute approximate surface area is 161 Å². The number of anilines is 1. The fraction of sp³-hybridized carbons (Fsp3) is 0.500. The number of carbonyl (C=O) groups excluding carboxylic acids is 2. The number of ether oxygens (including phenoxy) is 1. The normalized spacial score (nSPS) is 13.3. The molecule has 6 nitrogen and oxygen atoms in total. The van der Waals surface area contributed by atoms with Gasteiger partial charge in [-0.1, -0.05) is 11.8 Å². The van der Waals surface area contributed by atoms with Crippen molar-refractivity contribution in [2.75, 3.05) is 17.7 Å². The smallest absolute Gasteiger partial charge is 0.341 e. The van der Waals surface area contributed by atoms with Crippen LogP contribution in [0.4, 0.5) is 5.00 Å². The Hall–Kier alpha value is -1.80. The molecule has 0 saturated carbocycles. The average Bonchev–Trinajstić information content (AvgIpc) is 3.18. The summed E-state index contributed by atoms with van der Waals surface area (Å²) in [7, 11) is 1.93. The fourth-order valence-corrected chi connectivity index (χ4v) is 5.15. The Morgan fingerprint density at radius 2 is 2.19 bits per heavy atom. The number of thioether (sulfide) groups is 1. The lowest BCUT2D eigenvalue weighted by Gasteiger charge is -2.12. The molecule has 0 radical (unpaired) electrons. The summed E-state index contributed by atoms with van der Waals surface area (Å²) >= 11 is 3.06. The second-order valence-electron chi connectivity index (χ2n) is 6.10. The number of thiophene rings is 1. The molecule has 0 fully saturated rings. The summed E-state index contributed by atoms with van der Waals surface area (Å²) in [4.78, 5) is 30.2. The number of carbonyl (C=O) groups is 2. The van der Waals surface area contributed by atoms with Gasteiger partial charge in [0.2, 0.25) is 5.91 Å². The zero-order chi connectivity index (χ0) is 18.5. The van der Waals surface area contributed by atoms with Crippen LogP contribution in [-0.2, 0) is 29.4 Å². The lowest BCUT2D eigenvalue weighted by atomic mass is 9.95. The van der Waals surface area contributed by atoms with Gasteiger partial charge in [0, 0.05) is 36.5 Å². The second kappa shape index (κ2) is 8.73. The highest BCUT2D eigenvalue weighted by molar-refractivity contribution is 7.99. The van der Waals surface area contributed by atoms with Crippen LogP contribution in [0.15, 0.2) is 17.6 Å². The maximum absolute atomic E-state index is 12.4. The third kappa shape index (κ3) is 4.29. The molecule has 1 aliphatic carbocycles. The Balaban J connectivity index is 1.66. The number of fused-ring (bicyclic) bond motifs is 1. The van der Waals surface area contributed by atoms with Gasteiger partial charge in [-0.25, -0.2) is 9.78 Å². The highest BCUT2D eigenvalue weighted by Gasteiger charge is 2.27. The summed E-state index contributed by atoms with van der Waals surface area (Å²) in [6.45, 7) is 2.13. The van der Waals surface area contributed by atoms with E-state index in [0.29, 0.717) is 29.3 Å². The van der Waals surface area contributed by atoms with Crippen LogP contribution >= 0.6 is 23.1 Å². The lowest BCUT2D eigenvalue weighted by Crippen LogP contribution is -2.16. The molecule has 1 N–H and O–H groups in total. The summed E-state index contributed by atoms with van der Waals surface area (Å²) in [5, 5.41) is 4.47. The molecule has 0 bridgehead atoms. The molecule has 2 heterocycles. The predicted molar refractivity (Wildman–Crippen MR) is 104 cm³/mol. The molecule has 8 heteroatoms. The summed E-state index contributed by atoms with van der Waals surface area (Å²) < 4.78 is 7.14. The van der Waals surface area contributed by atoms with E-state index >= 15 is 0 Å². The molecule has 26 heavy (non-hydrogen) atoms. The van der Waals surface area contributed by atoms with Crippen molar-refractivity contribution in [2.24, 2.45) is 7.05 Å². The van der Waals surface area contributed by atoms with Crippen LogP contribution in [0.5, 0.6) is 0 Å². The number of rotatable bonds is 7. The SMILES string of the molecule is CCOC(=O)c1c(NC(=O)CCSc2nccn2C)sc2c1CCCC2. The minimum Gasteiger partial charge on any atom is -0.462 e. The summed E-state index contributed by atoms with van der Waals surface area (Å²) in [6, 6.07) is 0. The number of esters is 1. The fourth-order valence-electron chi connectivity index (χ4n) is 2.99. The monoisotopic (exact) mass is 393 g/mol. The van der Waals surface area contributed by atoms with Gasteiger partial charge in [-0.2, -0.15) is 0 Å². The molecule has 0 saturated heterocycles. The molecule has 1 aliphatic rings. The van der Waals surface area contributed by atoms with Crippen molar-refractivity contribution in [2.45, 2.75) is 44.2 Å². The molecule has 0 aromatic carbocycles. The van der Waals surface area contributed by atoms with E-state index in [0.717, 1.165) is 36.4 Å². The summed E-state index contributed by atoms with van der Waals surface area (Å²) in [6.07, 6.45) is 8.03. The van der Waals surface area contributed by atoms with Crippen LogP contribution in [0.3, 0.4) is 0 Å². The minimum atomic E-state index is -0.329. The molecule has 3 rings (SSSR count). The second-order valence-corrected chi connectivity index (χ2v) is 8.27. The predicted octanol–water partition coefficient (Wildman–Crippen LogP) is 3.66. The molecule has 0 atom stereocenters. The van der Waals surface area contributed by atoms with Gasteiger partial charge in [-0.3, -0.25) is 4.79 Å². The number of imidazole rings is 1. The number of nitrogens with one attached hydrogen (secondary N) is 1. The number of hydrogen-bond acceptors (Lipinski definition) is 6. The molecule has 2 aromatic rings. The zero-order valence-corrected chi connectivity index (χ0v) is 16.7. The van der Waals surface area contributed by atoms with E-state index in [1.807, 2.05) is 17.8 Å². The van der Waals surface area contributed by atoms with Crippen LogP contribution in [0.25, 0.3) is 0 Å². The summed E-state index contributed by atoms with van der Waals surface area (Å²) in [5.74, 6) is 0.219. The topological polar surface area (TPSA) is 73.2 Å². The Morgan fingerprint density at radius 1 is 1.38 bits per heavy atom. The van der Waals surface area contributed by atoms with Crippen LogP contribution in [-0.4, -0.2) is 33.8 Å². The van der Waals surface area contributed by atoms with Crippen LogP contribution in [0, 0.1) is 0 Å². The standard InChI is InChI=1S/C18H23N3O3S2/c1-3-24-17(23)15-12-6-4-5-7-13(12)26-16(15)20-14(22)8-11-25-18-19-9-10-21(18)2/h9-10H,3-8,11H2,1-2H3,(H,20,22). The third-order valence-corrected chi connectivity index (χ3v) is 6.51. The maximum Gasteiger partial charge on any atom is 0.341 e. The van der Waals surface area contributed by atoms with Crippen molar-refractivity contribution in [3.8, 4) is 0 Å². The molecule has 0 unspecified atom stereocenters. The Bertz CT molecular complexity index is 798. The first-order valence-corrected chi connectivity index (χ1v) is 10.6. The first-order valence-electron chi connectivity index (χ1n) is 8.81. The first kappa shape index (κ1) is 19.0. The molecule has 0 spiro atoms. The largest absolute Gasteiger partial charge is 0.462 e. The van der Waals surface area contributed by atoms with Gasteiger partial charge in [-0.05, 0) is 38.2 Å². The zero-order valence-electron chi connectivity index (χ0n) is 15.0. The van der Waals surface area contributed by atoms with Gasteiger partial charge >= 0.3 is 5.97 Å². The minimum absolute atomic E-state index is 0.0872. The molecule has 140 valence electrons. The van der Waals surface area contributed by atoms with Gasteiger partial charge in [0.15, 0.2) is 5.16 Å². The lowest BCUT2D eigenvalue weighted by molar-refractivity contribution is -0.115. The van der Waals surface area contributed by atoms with E-state index in [4.69, 9.17) is 4.74 Å². The number of amides is 1. The van der Waals surface area contributed by atoms with Gasteiger partial charge in [0.1, 0.15) is 5.00 Å². The highest BCUT2D eigenvalue weighted by atomic mass is 32.2.